The molecule has 0 aliphatic heterocycles. The zero-order chi connectivity index (χ0) is 18.5. The SMILES string of the molecule is COC(=O)c1ccc(OCc2nc(-c3cccc(OC)c3)no2)c(Br)c1. The van der Waals surface area contributed by atoms with Crippen LogP contribution in [0.25, 0.3) is 11.4 Å². The van der Waals surface area contributed by atoms with Crippen LogP contribution in [0.4, 0.5) is 0 Å². The quantitative estimate of drug-likeness (QED) is 0.561. The Balaban J connectivity index is 1.69. The van der Waals surface area contributed by atoms with Crippen molar-refractivity contribution in [1.82, 2.24) is 10.1 Å². The minimum Gasteiger partial charge on any atom is -0.497 e. The van der Waals surface area contributed by atoms with E-state index in [1.165, 1.54) is 7.11 Å². The van der Waals surface area contributed by atoms with Crippen molar-refractivity contribution in [2.45, 2.75) is 6.61 Å². The second-order valence-electron chi connectivity index (χ2n) is 5.17. The van der Waals surface area contributed by atoms with Crippen molar-refractivity contribution in [1.29, 1.82) is 0 Å². The van der Waals surface area contributed by atoms with Gasteiger partial charge in [0.15, 0.2) is 6.61 Å². The summed E-state index contributed by atoms with van der Waals surface area (Å²) in [4.78, 5) is 15.8. The number of halogens is 1. The first-order chi connectivity index (χ1) is 12.6. The number of carbonyl (C=O) groups excluding carboxylic acids is 1. The van der Waals surface area contributed by atoms with Gasteiger partial charge < -0.3 is 18.7 Å². The van der Waals surface area contributed by atoms with Crippen LogP contribution in [-0.2, 0) is 11.3 Å². The predicted octanol–water partition coefficient (Wildman–Crippen LogP) is 3.87. The molecule has 0 radical (unpaired) electrons. The smallest absolute Gasteiger partial charge is 0.337 e. The van der Waals surface area contributed by atoms with Crippen LogP contribution in [0.1, 0.15) is 16.2 Å². The number of rotatable bonds is 6. The lowest BCUT2D eigenvalue weighted by Crippen LogP contribution is -2.02. The number of hydrogen-bond donors (Lipinski definition) is 0. The van der Waals surface area contributed by atoms with Crippen molar-refractivity contribution in [3.05, 3.63) is 58.4 Å². The lowest BCUT2D eigenvalue weighted by Gasteiger charge is -2.07. The van der Waals surface area contributed by atoms with Gasteiger partial charge in [-0.05, 0) is 46.3 Å². The number of benzene rings is 2. The fraction of sp³-hybridized carbons (Fsp3) is 0.167. The Morgan fingerprint density at radius 3 is 2.77 bits per heavy atom. The van der Waals surface area contributed by atoms with Gasteiger partial charge in [-0.15, -0.1) is 0 Å². The van der Waals surface area contributed by atoms with E-state index in [1.807, 2.05) is 24.3 Å². The molecule has 1 heterocycles. The molecule has 26 heavy (non-hydrogen) atoms. The van der Waals surface area contributed by atoms with Gasteiger partial charge in [-0.2, -0.15) is 4.98 Å². The largest absolute Gasteiger partial charge is 0.497 e. The summed E-state index contributed by atoms with van der Waals surface area (Å²) in [7, 11) is 2.92. The zero-order valence-electron chi connectivity index (χ0n) is 14.1. The van der Waals surface area contributed by atoms with Crippen LogP contribution >= 0.6 is 15.9 Å². The van der Waals surface area contributed by atoms with E-state index in [0.717, 1.165) is 5.56 Å². The molecule has 0 saturated heterocycles. The van der Waals surface area contributed by atoms with E-state index < -0.39 is 5.97 Å². The molecule has 7 nitrogen and oxygen atoms in total. The van der Waals surface area contributed by atoms with Crippen molar-refractivity contribution in [3.63, 3.8) is 0 Å². The van der Waals surface area contributed by atoms with Gasteiger partial charge in [0, 0.05) is 5.56 Å². The molecule has 2 aromatic carbocycles. The monoisotopic (exact) mass is 418 g/mol. The molecule has 0 amide bonds. The highest BCUT2D eigenvalue weighted by Gasteiger charge is 2.12. The molecule has 1 aromatic heterocycles. The minimum absolute atomic E-state index is 0.0904. The van der Waals surface area contributed by atoms with Crippen molar-refractivity contribution >= 4 is 21.9 Å². The van der Waals surface area contributed by atoms with E-state index in [1.54, 1.807) is 25.3 Å². The summed E-state index contributed by atoms with van der Waals surface area (Å²) in [5.74, 6) is 1.60. The van der Waals surface area contributed by atoms with Crippen LogP contribution in [0, 0.1) is 0 Å². The Kier molecular flexibility index (Phi) is 5.52. The Morgan fingerprint density at radius 2 is 2.04 bits per heavy atom. The Hall–Kier alpha value is -2.87. The Morgan fingerprint density at radius 1 is 1.19 bits per heavy atom. The number of carbonyl (C=O) groups is 1. The van der Waals surface area contributed by atoms with Crippen molar-refractivity contribution in [2.75, 3.05) is 14.2 Å². The highest BCUT2D eigenvalue weighted by molar-refractivity contribution is 9.10. The van der Waals surface area contributed by atoms with Crippen LogP contribution in [0.5, 0.6) is 11.5 Å². The van der Waals surface area contributed by atoms with E-state index in [2.05, 4.69) is 30.8 Å². The summed E-state index contributed by atoms with van der Waals surface area (Å²) in [6.07, 6.45) is 0. The minimum atomic E-state index is -0.419. The maximum Gasteiger partial charge on any atom is 0.337 e. The molecule has 0 aliphatic rings. The Labute approximate surface area is 158 Å². The maximum atomic E-state index is 11.5. The Bertz CT molecular complexity index is 925. The first-order valence-electron chi connectivity index (χ1n) is 7.58. The summed E-state index contributed by atoms with van der Waals surface area (Å²) in [5, 5.41) is 3.95. The summed E-state index contributed by atoms with van der Waals surface area (Å²) in [6, 6.07) is 12.3. The first kappa shape index (κ1) is 17.9. The third-order valence-electron chi connectivity index (χ3n) is 3.50. The number of nitrogens with zero attached hydrogens (tertiary/aromatic N) is 2. The lowest BCUT2D eigenvalue weighted by atomic mass is 10.2. The van der Waals surface area contributed by atoms with Crippen molar-refractivity contribution in [3.8, 4) is 22.9 Å². The van der Waals surface area contributed by atoms with Gasteiger partial charge in [-0.3, -0.25) is 0 Å². The van der Waals surface area contributed by atoms with Gasteiger partial charge in [0.05, 0.1) is 24.3 Å². The van der Waals surface area contributed by atoms with E-state index in [0.29, 0.717) is 33.3 Å². The average Bonchev–Trinajstić information content (AvgIpc) is 3.15. The summed E-state index contributed by atoms with van der Waals surface area (Å²) in [5.41, 5.74) is 1.20. The third-order valence-corrected chi connectivity index (χ3v) is 4.12. The molecule has 0 fully saturated rings. The molecule has 8 heteroatoms. The lowest BCUT2D eigenvalue weighted by molar-refractivity contribution is 0.0600. The topological polar surface area (TPSA) is 83.7 Å². The van der Waals surface area contributed by atoms with Crippen molar-refractivity contribution < 1.29 is 23.5 Å². The van der Waals surface area contributed by atoms with Crippen LogP contribution in [0.15, 0.2) is 51.5 Å². The van der Waals surface area contributed by atoms with E-state index in [-0.39, 0.29) is 6.61 Å². The number of esters is 1. The molecular formula is C18H15BrN2O5. The average molecular weight is 419 g/mol. The molecule has 0 atom stereocenters. The standard InChI is InChI=1S/C18H15BrN2O5/c1-23-13-5-3-4-11(8-13)17-20-16(26-21-17)10-25-15-7-6-12(9-14(15)19)18(22)24-2/h3-9H,10H2,1-2H3. The highest BCUT2D eigenvalue weighted by Crippen LogP contribution is 2.27. The van der Waals surface area contributed by atoms with Crippen LogP contribution in [-0.4, -0.2) is 30.3 Å². The van der Waals surface area contributed by atoms with E-state index >= 15 is 0 Å². The fourth-order valence-electron chi connectivity index (χ4n) is 2.20. The first-order valence-corrected chi connectivity index (χ1v) is 8.37. The van der Waals surface area contributed by atoms with Gasteiger partial charge in [0.25, 0.3) is 5.89 Å². The van der Waals surface area contributed by atoms with Crippen LogP contribution < -0.4 is 9.47 Å². The second kappa shape index (κ2) is 8.01. The summed E-state index contributed by atoms with van der Waals surface area (Å²) in [6.45, 7) is 0.0904. The molecule has 0 N–H and O–H groups in total. The zero-order valence-corrected chi connectivity index (χ0v) is 15.6. The molecule has 0 bridgehead atoms. The molecular weight excluding hydrogens is 404 g/mol. The van der Waals surface area contributed by atoms with Crippen molar-refractivity contribution in [2.24, 2.45) is 0 Å². The number of methoxy groups -OCH3 is 2. The van der Waals surface area contributed by atoms with Crippen LogP contribution in [0.3, 0.4) is 0 Å². The summed E-state index contributed by atoms with van der Waals surface area (Å²) >= 11 is 3.36. The maximum absolute atomic E-state index is 11.5. The van der Waals surface area contributed by atoms with Gasteiger partial charge in [0.2, 0.25) is 5.82 Å². The normalized spacial score (nSPS) is 10.4. The molecule has 0 saturated carbocycles. The van der Waals surface area contributed by atoms with E-state index in [9.17, 15) is 4.79 Å². The third kappa shape index (κ3) is 4.02. The number of ether oxygens (including phenoxy) is 3. The number of hydrogen-bond acceptors (Lipinski definition) is 7. The second-order valence-corrected chi connectivity index (χ2v) is 6.02. The molecule has 134 valence electrons. The summed E-state index contributed by atoms with van der Waals surface area (Å²) < 4.78 is 21.4. The predicted molar refractivity (Wildman–Crippen MR) is 96.1 cm³/mol. The molecule has 3 aromatic rings. The molecule has 3 rings (SSSR count). The van der Waals surface area contributed by atoms with Gasteiger partial charge in [-0.25, -0.2) is 4.79 Å². The van der Waals surface area contributed by atoms with E-state index in [4.69, 9.17) is 14.0 Å². The number of aromatic nitrogens is 2. The molecule has 0 spiro atoms. The fourth-order valence-corrected chi connectivity index (χ4v) is 2.69. The highest BCUT2D eigenvalue weighted by atomic mass is 79.9. The molecule has 0 unspecified atom stereocenters. The van der Waals surface area contributed by atoms with Gasteiger partial charge in [-0.1, -0.05) is 17.3 Å². The van der Waals surface area contributed by atoms with Gasteiger partial charge in [0.1, 0.15) is 11.5 Å². The van der Waals surface area contributed by atoms with Crippen LogP contribution in [0.2, 0.25) is 0 Å². The molecule has 0 aliphatic carbocycles. The van der Waals surface area contributed by atoms with Gasteiger partial charge >= 0.3 is 5.97 Å².